The molecule has 3 rings (SSSR count). The standard InChI is InChI=1S/C23H23ClN2O3S/c1-16-4-13-22(17(2)14-16)25-23(27)19-7-5-18(6-8-19)15-26(3)30(28,29)21-11-9-20(24)10-12-21/h4-14H,15H2,1-3H3,(H,25,27). The lowest BCUT2D eigenvalue weighted by Crippen LogP contribution is -2.26. The van der Waals surface area contributed by atoms with Crippen molar-refractivity contribution in [2.24, 2.45) is 0 Å². The van der Waals surface area contributed by atoms with Crippen molar-refractivity contribution in [3.8, 4) is 0 Å². The Morgan fingerprint density at radius 1 is 0.967 bits per heavy atom. The van der Waals surface area contributed by atoms with Gasteiger partial charge >= 0.3 is 0 Å². The third-order valence-corrected chi connectivity index (χ3v) is 6.84. The van der Waals surface area contributed by atoms with Crippen LogP contribution in [0.25, 0.3) is 0 Å². The molecule has 0 spiro atoms. The third kappa shape index (κ3) is 5.08. The predicted molar refractivity (Wildman–Crippen MR) is 120 cm³/mol. The summed E-state index contributed by atoms with van der Waals surface area (Å²) in [5.41, 5.74) is 4.17. The summed E-state index contributed by atoms with van der Waals surface area (Å²) in [7, 11) is -2.12. The fourth-order valence-corrected chi connectivity index (χ4v) is 4.32. The summed E-state index contributed by atoms with van der Waals surface area (Å²) in [5, 5.41) is 3.39. The van der Waals surface area contributed by atoms with Crippen LogP contribution in [-0.2, 0) is 16.6 Å². The van der Waals surface area contributed by atoms with Crippen LogP contribution in [0, 0.1) is 13.8 Å². The molecule has 0 unspecified atom stereocenters. The number of anilines is 1. The number of aryl methyl sites for hydroxylation is 2. The molecule has 3 aromatic carbocycles. The van der Waals surface area contributed by atoms with E-state index in [4.69, 9.17) is 11.6 Å². The van der Waals surface area contributed by atoms with Crippen LogP contribution in [0.1, 0.15) is 27.0 Å². The van der Waals surface area contributed by atoms with Gasteiger partial charge < -0.3 is 5.32 Å². The lowest BCUT2D eigenvalue weighted by molar-refractivity contribution is 0.102. The number of hydrogen-bond acceptors (Lipinski definition) is 3. The zero-order valence-corrected chi connectivity index (χ0v) is 18.6. The number of sulfonamides is 1. The summed E-state index contributed by atoms with van der Waals surface area (Å²) in [6, 6.07) is 18.8. The maximum absolute atomic E-state index is 12.7. The lowest BCUT2D eigenvalue weighted by atomic mass is 10.1. The monoisotopic (exact) mass is 442 g/mol. The second-order valence-electron chi connectivity index (χ2n) is 7.18. The van der Waals surface area contributed by atoms with Gasteiger partial charge in [-0.05, 0) is 67.4 Å². The Hall–Kier alpha value is -2.67. The van der Waals surface area contributed by atoms with Gasteiger partial charge in [0.05, 0.1) is 4.90 Å². The molecule has 0 aromatic heterocycles. The van der Waals surface area contributed by atoms with E-state index in [0.717, 1.165) is 22.4 Å². The molecular formula is C23H23ClN2O3S. The molecule has 0 saturated heterocycles. The molecule has 0 aliphatic carbocycles. The van der Waals surface area contributed by atoms with Crippen molar-refractivity contribution in [2.45, 2.75) is 25.3 Å². The minimum atomic E-state index is -3.63. The van der Waals surface area contributed by atoms with E-state index in [-0.39, 0.29) is 17.3 Å². The Morgan fingerprint density at radius 2 is 1.60 bits per heavy atom. The van der Waals surface area contributed by atoms with Crippen LogP contribution in [0.5, 0.6) is 0 Å². The molecule has 0 heterocycles. The molecule has 0 fully saturated rings. The molecule has 156 valence electrons. The zero-order valence-electron chi connectivity index (χ0n) is 17.0. The van der Waals surface area contributed by atoms with Crippen LogP contribution < -0.4 is 5.32 Å². The molecule has 0 aliphatic rings. The van der Waals surface area contributed by atoms with E-state index in [2.05, 4.69) is 5.32 Å². The van der Waals surface area contributed by atoms with Crippen LogP contribution in [0.4, 0.5) is 5.69 Å². The van der Waals surface area contributed by atoms with Crippen LogP contribution in [0.15, 0.2) is 71.6 Å². The molecule has 3 aromatic rings. The second-order valence-corrected chi connectivity index (χ2v) is 9.67. The Balaban J connectivity index is 1.69. The molecule has 0 bridgehead atoms. The third-order valence-electron chi connectivity index (χ3n) is 4.77. The quantitative estimate of drug-likeness (QED) is 0.582. The van der Waals surface area contributed by atoms with Crippen molar-refractivity contribution in [3.63, 3.8) is 0 Å². The largest absolute Gasteiger partial charge is 0.322 e. The Morgan fingerprint density at radius 3 is 2.20 bits per heavy atom. The van der Waals surface area contributed by atoms with Gasteiger partial charge in [-0.3, -0.25) is 4.79 Å². The molecule has 0 saturated carbocycles. The van der Waals surface area contributed by atoms with Crippen LogP contribution in [0.2, 0.25) is 5.02 Å². The van der Waals surface area contributed by atoms with Crippen molar-refractivity contribution in [1.29, 1.82) is 0 Å². The highest BCUT2D eigenvalue weighted by atomic mass is 35.5. The fourth-order valence-electron chi connectivity index (χ4n) is 3.04. The average Bonchev–Trinajstić information content (AvgIpc) is 2.71. The van der Waals surface area contributed by atoms with Crippen molar-refractivity contribution in [2.75, 3.05) is 12.4 Å². The lowest BCUT2D eigenvalue weighted by Gasteiger charge is -2.17. The first-order valence-electron chi connectivity index (χ1n) is 9.36. The van der Waals surface area contributed by atoms with Gasteiger partial charge in [0.1, 0.15) is 0 Å². The number of nitrogens with one attached hydrogen (secondary N) is 1. The SMILES string of the molecule is Cc1ccc(NC(=O)c2ccc(CN(C)S(=O)(=O)c3ccc(Cl)cc3)cc2)c(C)c1. The fraction of sp³-hybridized carbons (Fsp3) is 0.174. The Labute approximate surface area is 182 Å². The summed E-state index contributed by atoms with van der Waals surface area (Å²) in [6.07, 6.45) is 0. The topological polar surface area (TPSA) is 66.5 Å². The van der Waals surface area contributed by atoms with Gasteiger partial charge in [-0.2, -0.15) is 4.31 Å². The van der Waals surface area contributed by atoms with Crippen LogP contribution in [0.3, 0.4) is 0 Å². The summed E-state index contributed by atoms with van der Waals surface area (Å²) >= 11 is 5.84. The van der Waals surface area contributed by atoms with Crippen LogP contribution in [-0.4, -0.2) is 25.7 Å². The number of carbonyl (C=O) groups is 1. The molecular weight excluding hydrogens is 420 g/mol. The molecule has 0 radical (unpaired) electrons. The predicted octanol–water partition coefficient (Wildman–Crippen LogP) is 5.03. The summed E-state index contributed by atoms with van der Waals surface area (Å²) < 4.78 is 26.7. The maximum atomic E-state index is 12.7. The van der Waals surface area contributed by atoms with Crippen molar-refractivity contribution < 1.29 is 13.2 Å². The highest BCUT2D eigenvalue weighted by Gasteiger charge is 2.21. The van der Waals surface area contributed by atoms with Gasteiger partial charge in [0.15, 0.2) is 0 Å². The van der Waals surface area contributed by atoms with E-state index in [1.807, 2.05) is 32.0 Å². The normalized spacial score (nSPS) is 11.5. The first-order chi connectivity index (χ1) is 14.2. The first-order valence-corrected chi connectivity index (χ1v) is 11.2. The molecule has 1 amide bonds. The van der Waals surface area contributed by atoms with E-state index in [1.54, 1.807) is 36.4 Å². The van der Waals surface area contributed by atoms with E-state index in [0.29, 0.717) is 10.6 Å². The second kappa shape index (κ2) is 9.00. The number of halogens is 1. The number of hydrogen-bond donors (Lipinski definition) is 1. The van der Waals surface area contributed by atoms with Crippen molar-refractivity contribution in [1.82, 2.24) is 4.31 Å². The van der Waals surface area contributed by atoms with Gasteiger partial charge in [-0.15, -0.1) is 0 Å². The minimum absolute atomic E-state index is 0.180. The molecule has 30 heavy (non-hydrogen) atoms. The first kappa shape index (κ1) is 22.0. The molecule has 5 nitrogen and oxygen atoms in total. The molecule has 1 N–H and O–H groups in total. The van der Waals surface area contributed by atoms with Gasteiger partial charge in [0, 0.05) is 29.9 Å². The zero-order chi connectivity index (χ0) is 21.9. The number of nitrogens with zero attached hydrogens (tertiary/aromatic N) is 1. The van der Waals surface area contributed by atoms with Gasteiger partial charge in [-0.1, -0.05) is 41.4 Å². The maximum Gasteiger partial charge on any atom is 0.255 e. The summed E-state index contributed by atoms with van der Waals surface area (Å²) in [4.78, 5) is 12.7. The molecule has 0 aliphatic heterocycles. The number of rotatable bonds is 6. The number of amides is 1. The van der Waals surface area contributed by atoms with E-state index in [9.17, 15) is 13.2 Å². The average molecular weight is 443 g/mol. The highest BCUT2D eigenvalue weighted by Crippen LogP contribution is 2.20. The van der Waals surface area contributed by atoms with Crippen molar-refractivity contribution >= 4 is 33.2 Å². The summed E-state index contributed by atoms with van der Waals surface area (Å²) in [5.74, 6) is -0.212. The number of carbonyl (C=O) groups excluding carboxylic acids is 1. The summed E-state index contributed by atoms with van der Waals surface area (Å²) in [6.45, 7) is 4.13. The van der Waals surface area contributed by atoms with E-state index >= 15 is 0 Å². The molecule has 7 heteroatoms. The number of benzene rings is 3. The van der Waals surface area contributed by atoms with Gasteiger partial charge in [0.25, 0.3) is 5.91 Å². The van der Waals surface area contributed by atoms with E-state index < -0.39 is 10.0 Å². The molecule has 0 atom stereocenters. The highest BCUT2D eigenvalue weighted by molar-refractivity contribution is 7.89. The minimum Gasteiger partial charge on any atom is -0.322 e. The smallest absolute Gasteiger partial charge is 0.255 e. The van der Waals surface area contributed by atoms with Gasteiger partial charge in [-0.25, -0.2) is 8.42 Å². The van der Waals surface area contributed by atoms with Crippen molar-refractivity contribution in [3.05, 3.63) is 94.0 Å². The Kier molecular flexibility index (Phi) is 6.61. The van der Waals surface area contributed by atoms with Gasteiger partial charge in [0.2, 0.25) is 10.0 Å². The Bertz CT molecular complexity index is 1160. The van der Waals surface area contributed by atoms with E-state index in [1.165, 1.54) is 23.5 Å². The van der Waals surface area contributed by atoms with Crippen LogP contribution >= 0.6 is 11.6 Å².